The molecule has 0 atom stereocenters. The van der Waals surface area contributed by atoms with Crippen molar-refractivity contribution in [2.24, 2.45) is 5.10 Å². The highest BCUT2D eigenvalue weighted by Crippen LogP contribution is 2.19. The van der Waals surface area contributed by atoms with Crippen molar-refractivity contribution in [3.05, 3.63) is 69.2 Å². The number of hydrogen-bond donors (Lipinski definition) is 2. The van der Waals surface area contributed by atoms with Crippen LogP contribution in [0.2, 0.25) is 10.0 Å². The van der Waals surface area contributed by atoms with Crippen LogP contribution < -0.4 is 10.7 Å². The molecule has 0 spiro atoms. The Balaban J connectivity index is 1.84. The molecule has 24 heavy (non-hydrogen) atoms. The fourth-order valence-corrected chi connectivity index (χ4v) is 2.24. The van der Waals surface area contributed by atoms with Crippen LogP contribution in [-0.4, -0.2) is 18.0 Å². The number of carbonyl (C=O) groups is 2. The number of hydrazone groups is 1. The maximum atomic E-state index is 11.7. The number of carbonyl (C=O) groups excluding carboxylic acids is 2. The van der Waals surface area contributed by atoms with Gasteiger partial charge < -0.3 is 5.32 Å². The zero-order valence-corrected chi connectivity index (χ0v) is 14.4. The molecule has 0 heterocycles. The number of hydrogen-bond acceptors (Lipinski definition) is 3. The lowest BCUT2D eigenvalue weighted by molar-refractivity contribution is -0.139. The van der Waals surface area contributed by atoms with Crippen molar-refractivity contribution in [2.45, 2.75) is 13.5 Å². The Hall–Kier alpha value is -2.37. The predicted molar refractivity (Wildman–Crippen MR) is 95.2 cm³/mol. The summed E-state index contributed by atoms with van der Waals surface area (Å²) < 4.78 is 0. The first-order valence-corrected chi connectivity index (χ1v) is 7.83. The van der Waals surface area contributed by atoms with Crippen LogP contribution in [0.4, 0.5) is 0 Å². The number of halogens is 2. The fraction of sp³-hybridized carbons (Fsp3) is 0.118. The van der Waals surface area contributed by atoms with Crippen molar-refractivity contribution in [3.8, 4) is 0 Å². The second-order valence-electron chi connectivity index (χ2n) is 5.03. The van der Waals surface area contributed by atoms with E-state index >= 15 is 0 Å². The summed E-state index contributed by atoms with van der Waals surface area (Å²) in [5.41, 5.74) is 4.74. The lowest BCUT2D eigenvalue weighted by Crippen LogP contribution is -2.37. The van der Waals surface area contributed by atoms with Gasteiger partial charge in [0.1, 0.15) is 0 Å². The summed E-state index contributed by atoms with van der Waals surface area (Å²) in [7, 11) is 0. The Morgan fingerprint density at radius 2 is 1.79 bits per heavy atom. The van der Waals surface area contributed by atoms with Gasteiger partial charge in [-0.15, -0.1) is 0 Å². The summed E-state index contributed by atoms with van der Waals surface area (Å²) in [4.78, 5) is 23.4. The molecule has 0 aliphatic rings. The molecule has 0 unspecified atom stereocenters. The van der Waals surface area contributed by atoms with Gasteiger partial charge in [0.25, 0.3) is 0 Å². The predicted octanol–water partition coefficient (Wildman–Crippen LogP) is 3.07. The Kier molecular flexibility index (Phi) is 6.35. The van der Waals surface area contributed by atoms with Crippen molar-refractivity contribution in [3.63, 3.8) is 0 Å². The van der Waals surface area contributed by atoms with Gasteiger partial charge in [-0.05, 0) is 24.6 Å². The van der Waals surface area contributed by atoms with Crippen molar-refractivity contribution >= 4 is 41.2 Å². The van der Waals surface area contributed by atoms with E-state index in [-0.39, 0.29) is 6.54 Å². The van der Waals surface area contributed by atoms with Crippen LogP contribution in [0.15, 0.2) is 47.6 Å². The monoisotopic (exact) mass is 363 g/mol. The minimum Gasteiger partial charge on any atom is -0.344 e. The van der Waals surface area contributed by atoms with E-state index in [1.54, 1.807) is 18.2 Å². The molecule has 0 radical (unpaired) electrons. The van der Waals surface area contributed by atoms with Gasteiger partial charge in [-0.1, -0.05) is 59.1 Å². The molecule has 124 valence electrons. The Bertz CT molecular complexity index is 774. The van der Waals surface area contributed by atoms with Gasteiger partial charge in [0.2, 0.25) is 0 Å². The maximum absolute atomic E-state index is 11.7. The molecule has 2 rings (SSSR count). The van der Waals surface area contributed by atoms with Crippen LogP contribution in [0.5, 0.6) is 0 Å². The molecule has 2 aromatic rings. The van der Waals surface area contributed by atoms with E-state index in [0.29, 0.717) is 15.6 Å². The molecule has 0 saturated heterocycles. The third-order valence-electron chi connectivity index (χ3n) is 3.11. The highest BCUT2D eigenvalue weighted by Gasteiger charge is 2.11. The van der Waals surface area contributed by atoms with Crippen LogP contribution >= 0.6 is 23.2 Å². The van der Waals surface area contributed by atoms with Crippen LogP contribution in [0.3, 0.4) is 0 Å². The van der Waals surface area contributed by atoms with Crippen molar-refractivity contribution in [1.82, 2.24) is 10.7 Å². The van der Waals surface area contributed by atoms with Crippen LogP contribution in [0, 0.1) is 6.92 Å². The molecule has 0 bridgehead atoms. The van der Waals surface area contributed by atoms with Crippen molar-refractivity contribution < 1.29 is 9.59 Å². The summed E-state index contributed by atoms with van der Waals surface area (Å²) in [6.45, 7) is 2.24. The standard InChI is InChI=1S/C17H15Cl2N3O2/c1-11-2-4-12(5-3-11)9-20-16(23)17(24)22-21-10-13-6-7-14(18)8-15(13)19/h2-8,10H,9H2,1H3,(H,20,23)(H,22,24)/b21-10+. The topological polar surface area (TPSA) is 70.6 Å². The summed E-state index contributed by atoms with van der Waals surface area (Å²) in [6.07, 6.45) is 1.34. The van der Waals surface area contributed by atoms with Gasteiger partial charge in [0.15, 0.2) is 0 Å². The number of amides is 2. The van der Waals surface area contributed by atoms with Gasteiger partial charge in [0, 0.05) is 17.1 Å². The molecule has 2 amide bonds. The summed E-state index contributed by atoms with van der Waals surface area (Å²) in [6, 6.07) is 12.5. The quantitative estimate of drug-likeness (QED) is 0.497. The molecule has 0 aliphatic carbocycles. The smallest absolute Gasteiger partial charge is 0.329 e. The third kappa shape index (κ3) is 5.37. The molecule has 2 aromatic carbocycles. The number of aryl methyl sites for hydroxylation is 1. The number of nitrogens with one attached hydrogen (secondary N) is 2. The third-order valence-corrected chi connectivity index (χ3v) is 3.67. The van der Waals surface area contributed by atoms with Crippen LogP contribution in [-0.2, 0) is 16.1 Å². The number of rotatable bonds is 4. The molecule has 7 heteroatoms. The average molecular weight is 364 g/mol. The van der Waals surface area contributed by atoms with E-state index in [1.165, 1.54) is 6.21 Å². The summed E-state index contributed by atoms with van der Waals surface area (Å²) in [5.74, 6) is -1.63. The van der Waals surface area contributed by atoms with Crippen LogP contribution in [0.25, 0.3) is 0 Å². The second-order valence-corrected chi connectivity index (χ2v) is 5.88. The number of benzene rings is 2. The van der Waals surface area contributed by atoms with E-state index in [9.17, 15) is 9.59 Å². The molecule has 0 fully saturated rings. The van der Waals surface area contributed by atoms with Gasteiger partial charge >= 0.3 is 11.8 Å². The lowest BCUT2D eigenvalue weighted by Gasteiger charge is -2.04. The summed E-state index contributed by atoms with van der Waals surface area (Å²) >= 11 is 11.8. The molecule has 0 aliphatic heterocycles. The maximum Gasteiger partial charge on any atom is 0.329 e. The zero-order valence-electron chi connectivity index (χ0n) is 12.8. The largest absolute Gasteiger partial charge is 0.344 e. The van der Waals surface area contributed by atoms with Crippen LogP contribution in [0.1, 0.15) is 16.7 Å². The molecular weight excluding hydrogens is 349 g/mol. The Morgan fingerprint density at radius 3 is 2.46 bits per heavy atom. The molecule has 0 aromatic heterocycles. The first-order valence-electron chi connectivity index (χ1n) is 7.07. The van der Waals surface area contributed by atoms with E-state index in [0.717, 1.165) is 11.1 Å². The summed E-state index contributed by atoms with van der Waals surface area (Å²) in [5, 5.41) is 7.11. The lowest BCUT2D eigenvalue weighted by atomic mass is 10.1. The zero-order chi connectivity index (χ0) is 17.5. The van der Waals surface area contributed by atoms with Crippen molar-refractivity contribution in [2.75, 3.05) is 0 Å². The van der Waals surface area contributed by atoms with E-state index in [1.807, 2.05) is 31.2 Å². The highest BCUT2D eigenvalue weighted by molar-refractivity contribution is 6.36. The second kappa shape index (κ2) is 8.47. The van der Waals surface area contributed by atoms with Gasteiger partial charge in [-0.2, -0.15) is 5.10 Å². The highest BCUT2D eigenvalue weighted by atomic mass is 35.5. The minimum atomic E-state index is -0.858. The Labute approximate surface area is 149 Å². The molecule has 0 saturated carbocycles. The van der Waals surface area contributed by atoms with Gasteiger partial charge in [-0.25, -0.2) is 5.43 Å². The first-order chi connectivity index (χ1) is 11.5. The van der Waals surface area contributed by atoms with E-state index in [2.05, 4.69) is 15.8 Å². The van der Waals surface area contributed by atoms with Crippen molar-refractivity contribution in [1.29, 1.82) is 0 Å². The first kappa shape index (κ1) is 18.0. The van der Waals surface area contributed by atoms with E-state index in [4.69, 9.17) is 23.2 Å². The molecular formula is C17H15Cl2N3O2. The SMILES string of the molecule is Cc1ccc(CNC(=O)C(=O)N/N=C/c2ccc(Cl)cc2Cl)cc1. The minimum absolute atomic E-state index is 0.263. The molecule has 5 nitrogen and oxygen atoms in total. The Morgan fingerprint density at radius 1 is 1.08 bits per heavy atom. The fourth-order valence-electron chi connectivity index (χ4n) is 1.79. The van der Waals surface area contributed by atoms with E-state index < -0.39 is 11.8 Å². The average Bonchev–Trinajstić information content (AvgIpc) is 2.56. The number of nitrogens with zero attached hydrogens (tertiary/aromatic N) is 1. The van der Waals surface area contributed by atoms with Gasteiger partial charge in [0.05, 0.1) is 11.2 Å². The van der Waals surface area contributed by atoms with Gasteiger partial charge in [-0.3, -0.25) is 9.59 Å². The molecule has 2 N–H and O–H groups in total. The normalized spacial score (nSPS) is 10.6.